The van der Waals surface area contributed by atoms with E-state index in [1.165, 1.54) is 18.2 Å². The molecule has 0 aromatic heterocycles. The Hall–Kier alpha value is -0.290. The van der Waals surface area contributed by atoms with E-state index >= 15 is 0 Å². The van der Waals surface area contributed by atoms with Gasteiger partial charge >= 0.3 is 0 Å². The highest BCUT2D eigenvalue weighted by molar-refractivity contribution is 7.80. The van der Waals surface area contributed by atoms with Gasteiger partial charge in [-0.1, -0.05) is 17.7 Å². The Balaban J connectivity index is 2.94. The predicted octanol–water partition coefficient (Wildman–Crippen LogP) is 2.19. The molecule has 0 saturated carbocycles. The Labute approximate surface area is 98.1 Å². The van der Waals surface area contributed by atoms with E-state index in [4.69, 9.17) is 11.6 Å². The highest BCUT2D eigenvalue weighted by Crippen LogP contribution is 2.28. The smallest absolute Gasteiger partial charge is 0.130 e. The average molecular weight is 251 g/mol. The molecule has 0 fully saturated rings. The van der Waals surface area contributed by atoms with Crippen molar-refractivity contribution in [1.29, 1.82) is 0 Å². The summed E-state index contributed by atoms with van der Waals surface area (Å²) in [7, 11) is 0. The molecule has 2 atom stereocenters. The van der Waals surface area contributed by atoms with Gasteiger partial charge in [-0.2, -0.15) is 12.6 Å². The summed E-state index contributed by atoms with van der Waals surface area (Å²) < 4.78 is 13.3. The van der Waals surface area contributed by atoms with Crippen molar-refractivity contribution in [3.63, 3.8) is 0 Å². The Morgan fingerprint density at radius 1 is 1.40 bits per heavy atom. The largest absolute Gasteiger partial charge is 0.390 e. The summed E-state index contributed by atoms with van der Waals surface area (Å²) in [6.07, 6.45) is -2.10. The second kappa shape index (κ2) is 5.70. The number of thiol groups is 1. The van der Waals surface area contributed by atoms with Crippen LogP contribution in [0.1, 0.15) is 18.1 Å². The Morgan fingerprint density at radius 2 is 2.07 bits per heavy atom. The summed E-state index contributed by atoms with van der Waals surface area (Å²) in [6, 6.07) is 4.10. The number of aliphatic hydroxyl groups excluding tert-OH is 2. The fraction of sp³-hybridized carbons (Fsp3) is 0.400. The molecule has 1 aromatic rings. The van der Waals surface area contributed by atoms with E-state index in [1.807, 2.05) is 0 Å². The van der Waals surface area contributed by atoms with E-state index in [1.54, 1.807) is 0 Å². The molecule has 15 heavy (non-hydrogen) atoms. The maximum absolute atomic E-state index is 13.3. The maximum Gasteiger partial charge on any atom is 0.130 e. The molecule has 1 rings (SSSR count). The normalized spacial score (nSPS) is 15.0. The van der Waals surface area contributed by atoms with Crippen molar-refractivity contribution in [1.82, 2.24) is 0 Å². The van der Waals surface area contributed by atoms with Gasteiger partial charge in [0.2, 0.25) is 0 Å². The minimum atomic E-state index is -1.31. The van der Waals surface area contributed by atoms with Crippen LogP contribution in [0.25, 0.3) is 0 Å². The molecule has 84 valence electrons. The minimum absolute atomic E-state index is 0.0616. The highest BCUT2D eigenvalue weighted by atomic mass is 35.5. The van der Waals surface area contributed by atoms with E-state index in [9.17, 15) is 14.6 Å². The predicted molar refractivity (Wildman–Crippen MR) is 60.8 cm³/mol. The molecule has 1 aromatic carbocycles. The van der Waals surface area contributed by atoms with Crippen molar-refractivity contribution >= 4 is 24.2 Å². The number of rotatable bonds is 4. The van der Waals surface area contributed by atoms with Crippen LogP contribution in [0.2, 0.25) is 5.02 Å². The van der Waals surface area contributed by atoms with E-state index < -0.39 is 18.0 Å². The van der Waals surface area contributed by atoms with Gasteiger partial charge in [-0.25, -0.2) is 4.39 Å². The molecule has 0 bridgehead atoms. The van der Waals surface area contributed by atoms with E-state index in [0.29, 0.717) is 5.75 Å². The van der Waals surface area contributed by atoms with Crippen molar-refractivity contribution in [3.05, 3.63) is 34.6 Å². The summed E-state index contributed by atoms with van der Waals surface area (Å²) in [5.74, 6) is -0.210. The highest BCUT2D eigenvalue weighted by Gasteiger charge is 2.23. The zero-order valence-corrected chi connectivity index (χ0v) is 9.55. The topological polar surface area (TPSA) is 40.5 Å². The lowest BCUT2D eigenvalue weighted by Crippen LogP contribution is -2.20. The summed E-state index contributed by atoms with van der Waals surface area (Å²) in [4.78, 5) is 0. The first-order valence-corrected chi connectivity index (χ1v) is 5.50. The number of aliphatic hydroxyl groups is 2. The van der Waals surface area contributed by atoms with Gasteiger partial charge in [-0.05, 0) is 24.3 Å². The number of hydrogen-bond donors (Lipinski definition) is 3. The molecule has 2 N–H and O–H groups in total. The van der Waals surface area contributed by atoms with Crippen molar-refractivity contribution in [3.8, 4) is 0 Å². The van der Waals surface area contributed by atoms with Gasteiger partial charge in [0.25, 0.3) is 0 Å². The second-order valence-electron chi connectivity index (χ2n) is 3.16. The lowest BCUT2D eigenvalue weighted by atomic mass is 10.0. The quantitative estimate of drug-likeness (QED) is 0.717. The first-order valence-electron chi connectivity index (χ1n) is 4.48. The SMILES string of the molecule is OC(CCS)C(O)c1c(F)cccc1Cl. The van der Waals surface area contributed by atoms with Crippen LogP contribution >= 0.6 is 24.2 Å². The van der Waals surface area contributed by atoms with Gasteiger partial charge in [0.1, 0.15) is 11.9 Å². The van der Waals surface area contributed by atoms with Crippen LogP contribution in [-0.2, 0) is 0 Å². The lowest BCUT2D eigenvalue weighted by Gasteiger charge is -2.18. The fourth-order valence-electron chi connectivity index (χ4n) is 1.28. The van der Waals surface area contributed by atoms with Gasteiger partial charge in [0.05, 0.1) is 6.10 Å². The molecule has 0 amide bonds. The molecule has 0 radical (unpaired) electrons. The summed E-state index contributed by atoms with van der Waals surface area (Å²) in [5, 5.41) is 19.3. The van der Waals surface area contributed by atoms with E-state index in [2.05, 4.69) is 12.6 Å². The van der Waals surface area contributed by atoms with Crippen LogP contribution in [-0.4, -0.2) is 22.1 Å². The van der Waals surface area contributed by atoms with Crippen molar-refractivity contribution in [2.24, 2.45) is 0 Å². The van der Waals surface area contributed by atoms with Gasteiger partial charge in [0.15, 0.2) is 0 Å². The second-order valence-corrected chi connectivity index (χ2v) is 4.01. The maximum atomic E-state index is 13.3. The van der Waals surface area contributed by atoms with Crippen LogP contribution in [0.5, 0.6) is 0 Å². The van der Waals surface area contributed by atoms with E-state index in [-0.39, 0.29) is 17.0 Å². The molecule has 2 nitrogen and oxygen atoms in total. The molecule has 0 spiro atoms. The van der Waals surface area contributed by atoms with Crippen molar-refractivity contribution < 1.29 is 14.6 Å². The van der Waals surface area contributed by atoms with Gasteiger partial charge < -0.3 is 10.2 Å². The van der Waals surface area contributed by atoms with Crippen LogP contribution in [0.15, 0.2) is 18.2 Å². The average Bonchev–Trinajstić information content (AvgIpc) is 2.17. The van der Waals surface area contributed by atoms with Crippen LogP contribution < -0.4 is 0 Å². The van der Waals surface area contributed by atoms with Gasteiger partial charge in [0, 0.05) is 10.6 Å². The summed E-state index contributed by atoms with van der Waals surface area (Å²) >= 11 is 9.66. The lowest BCUT2D eigenvalue weighted by molar-refractivity contribution is 0.0152. The Kier molecular flexibility index (Phi) is 4.86. The molecule has 0 aliphatic rings. The number of benzene rings is 1. The first-order chi connectivity index (χ1) is 7.07. The third kappa shape index (κ3) is 3.08. The van der Waals surface area contributed by atoms with Gasteiger partial charge in [-0.3, -0.25) is 0 Å². The molecular weight excluding hydrogens is 239 g/mol. The van der Waals surface area contributed by atoms with Crippen LogP contribution in [0.4, 0.5) is 4.39 Å². The Morgan fingerprint density at radius 3 is 2.60 bits per heavy atom. The minimum Gasteiger partial charge on any atom is -0.390 e. The molecule has 0 saturated heterocycles. The first kappa shape index (κ1) is 12.8. The molecule has 2 unspecified atom stereocenters. The van der Waals surface area contributed by atoms with Crippen LogP contribution in [0, 0.1) is 5.82 Å². The Bertz CT molecular complexity index is 315. The summed E-state index contributed by atoms with van der Waals surface area (Å²) in [6.45, 7) is 0. The van der Waals surface area contributed by atoms with Crippen molar-refractivity contribution in [2.45, 2.75) is 18.6 Å². The molecule has 0 aliphatic carbocycles. The van der Waals surface area contributed by atoms with Gasteiger partial charge in [-0.15, -0.1) is 0 Å². The number of halogens is 2. The fourth-order valence-corrected chi connectivity index (χ4v) is 1.82. The zero-order valence-electron chi connectivity index (χ0n) is 7.90. The molecule has 5 heteroatoms. The number of hydrogen-bond acceptors (Lipinski definition) is 3. The third-order valence-electron chi connectivity index (χ3n) is 2.08. The summed E-state index contributed by atoms with van der Waals surface area (Å²) in [5.41, 5.74) is -0.0616. The standard InChI is InChI=1S/C10H12ClFO2S/c11-6-2-1-3-7(12)9(6)10(14)8(13)4-5-15/h1-3,8,10,13-15H,4-5H2. The van der Waals surface area contributed by atoms with Crippen LogP contribution in [0.3, 0.4) is 0 Å². The monoisotopic (exact) mass is 250 g/mol. The zero-order chi connectivity index (χ0) is 11.4. The van der Waals surface area contributed by atoms with E-state index in [0.717, 1.165) is 0 Å². The molecular formula is C10H12ClFO2S. The van der Waals surface area contributed by atoms with Crippen molar-refractivity contribution in [2.75, 3.05) is 5.75 Å². The molecule has 0 heterocycles. The third-order valence-corrected chi connectivity index (χ3v) is 2.67. The molecule has 0 aliphatic heterocycles.